The SMILES string of the molecule is O=Cc1c(-c2ccc(O)cc2)ccc(CO)c1C#Cc1ccc(O)cc1. The van der Waals surface area contributed by atoms with Crippen molar-refractivity contribution in [3.8, 4) is 34.5 Å². The van der Waals surface area contributed by atoms with E-state index in [0.717, 1.165) is 11.8 Å². The molecule has 0 heterocycles. The largest absolute Gasteiger partial charge is 0.508 e. The van der Waals surface area contributed by atoms with Crippen molar-refractivity contribution in [1.29, 1.82) is 0 Å². The van der Waals surface area contributed by atoms with Crippen LogP contribution in [0, 0.1) is 11.8 Å². The van der Waals surface area contributed by atoms with E-state index in [2.05, 4.69) is 11.8 Å². The van der Waals surface area contributed by atoms with Crippen molar-refractivity contribution in [3.63, 3.8) is 0 Å². The summed E-state index contributed by atoms with van der Waals surface area (Å²) in [6.07, 6.45) is 0.724. The first-order chi connectivity index (χ1) is 12.6. The number of carbonyl (C=O) groups excluding carboxylic acids is 1. The van der Waals surface area contributed by atoms with Crippen molar-refractivity contribution in [3.05, 3.63) is 82.9 Å². The molecule has 0 aliphatic rings. The van der Waals surface area contributed by atoms with E-state index >= 15 is 0 Å². The second kappa shape index (κ2) is 7.56. The lowest BCUT2D eigenvalue weighted by Gasteiger charge is -2.11. The second-order valence-electron chi connectivity index (χ2n) is 5.68. The zero-order chi connectivity index (χ0) is 18.5. The summed E-state index contributed by atoms with van der Waals surface area (Å²) >= 11 is 0. The Balaban J connectivity index is 2.14. The summed E-state index contributed by atoms with van der Waals surface area (Å²) in [7, 11) is 0. The van der Waals surface area contributed by atoms with Crippen molar-refractivity contribution in [1.82, 2.24) is 0 Å². The van der Waals surface area contributed by atoms with Gasteiger partial charge in [0.15, 0.2) is 6.29 Å². The number of hydrogen-bond acceptors (Lipinski definition) is 4. The van der Waals surface area contributed by atoms with Crippen LogP contribution >= 0.6 is 0 Å². The van der Waals surface area contributed by atoms with Gasteiger partial charge in [-0.2, -0.15) is 0 Å². The van der Waals surface area contributed by atoms with Crippen LogP contribution in [-0.4, -0.2) is 21.6 Å². The zero-order valence-corrected chi connectivity index (χ0v) is 13.8. The molecule has 0 saturated heterocycles. The van der Waals surface area contributed by atoms with Gasteiger partial charge in [-0.05, 0) is 53.1 Å². The first-order valence-corrected chi connectivity index (χ1v) is 7.94. The Morgan fingerprint density at radius 1 is 0.808 bits per heavy atom. The van der Waals surface area contributed by atoms with E-state index in [9.17, 15) is 20.1 Å². The predicted octanol–water partition coefficient (Wildman–Crippen LogP) is 3.47. The van der Waals surface area contributed by atoms with Gasteiger partial charge in [-0.3, -0.25) is 4.79 Å². The fourth-order valence-electron chi connectivity index (χ4n) is 2.64. The number of carbonyl (C=O) groups is 1. The number of phenolic OH excluding ortho intramolecular Hbond substituents is 2. The second-order valence-corrected chi connectivity index (χ2v) is 5.68. The molecule has 3 rings (SSSR count). The number of hydrogen-bond donors (Lipinski definition) is 3. The summed E-state index contributed by atoms with van der Waals surface area (Å²) in [6.45, 7) is -0.240. The minimum absolute atomic E-state index is 0.140. The van der Waals surface area contributed by atoms with Gasteiger partial charge < -0.3 is 15.3 Å². The number of rotatable bonds is 3. The third-order valence-electron chi connectivity index (χ3n) is 4.00. The normalized spacial score (nSPS) is 10.0. The van der Waals surface area contributed by atoms with Crippen LogP contribution in [0.5, 0.6) is 11.5 Å². The molecular formula is C22H16O4. The van der Waals surface area contributed by atoms with Crippen LogP contribution in [0.2, 0.25) is 0 Å². The Bertz CT molecular complexity index is 991. The van der Waals surface area contributed by atoms with Crippen LogP contribution in [0.1, 0.15) is 27.0 Å². The van der Waals surface area contributed by atoms with Crippen molar-refractivity contribution in [2.45, 2.75) is 6.61 Å². The predicted molar refractivity (Wildman–Crippen MR) is 98.9 cm³/mol. The number of aliphatic hydroxyl groups excluding tert-OH is 1. The fraction of sp³-hybridized carbons (Fsp3) is 0.0455. The molecule has 4 heteroatoms. The first kappa shape index (κ1) is 17.3. The molecule has 0 saturated carbocycles. The Labute approximate surface area is 151 Å². The molecule has 0 aromatic heterocycles. The molecule has 128 valence electrons. The average Bonchev–Trinajstić information content (AvgIpc) is 2.67. The average molecular weight is 344 g/mol. The van der Waals surface area contributed by atoms with Crippen LogP contribution in [0.15, 0.2) is 60.7 Å². The maximum atomic E-state index is 11.8. The summed E-state index contributed by atoms with van der Waals surface area (Å²) < 4.78 is 0. The highest BCUT2D eigenvalue weighted by Gasteiger charge is 2.13. The Morgan fingerprint density at radius 3 is 2.00 bits per heavy atom. The van der Waals surface area contributed by atoms with Crippen LogP contribution in [0.4, 0.5) is 0 Å². The molecule has 0 unspecified atom stereocenters. The van der Waals surface area contributed by atoms with Gasteiger partial charge in [-0.15, -0.1) is 0 Å². The maximum absolute atomic E-state index is 11.8. The molecule has 0 bridgehead atoms. The topological polar surface area (TPSA) is 77.8 Å². The Kier molecular flexibility index (Phi) is 5.02. The summed E-state index contributed by atoms with van der Waals surface area (Å²) in [5, 5.41) is 28.4. The van der Waals surface area contributed by atoms with Gasteiger partial charge in [0.2, 0.25) is 0 Å². The van der Waals surface area contributed by atoms with Gasteiger partial charge in [-0.1, -0.05) is 36.1 Å². The quantitative estimate of drug-likeness (QED) is 0.502. The molecule has 0 aliphatic carbocycles. The number of aldehydes is 1. The van der Waals surface area contributed by atoms with Crippen molar-refractivity contribution in [2.24, 2.45) is 0 Å². The highest BCUT2D eigenvalue weighted by Crippen LogP contribution is 2.28. The summed E-state index contributed by atoms with van der Waals surface area (Å²) in [5.74, 6) is 6.21. The first-order valence-electron chi connectivity index (χ1n) is 7.94. The molecule has 0 atom stereocenters. The van der Waals surface area contributed by atoms with Crippen molar-refractivity contribution >= 4 is 6.29 Å². The molecule has 3 N–H and O–H groups in total. The lowest BCUT2D eigenvalue weighted by atomic mass is 9.92. The van der Waals surface area contributed by atoms with E-state index in [1.165, 1.54) is 12.1 Å². The standard InChI is InChI=1S/C22H16O4/c23-13-17-6-12-20(16-4-9-19(26)10-5-16)22(14-24)21(17)11-3-15-1-7-18(25)8-2-15/h1-2,4-10,12,14,23,25-26H,13H2. The summed E-state index contributed by atoms with van der Waals surface area (Å²) in [5.41, 5.74) is 3.52. The summed E-state index contributed by atoms with van der Waals surface area (Å²) in [6, 6.07) is 16.4. The van der Waals surface area contributed by atoms with E-state index in [4.69, 9.17) is 0 Å². The third-order valence-corrected chi connectivity index (χ3v) is 4.00. The van der Waals surface area contributed by atoms with Crippen LogP contribution < -0.4 is 0 Å². The molecule has 0 aliphatic heterocycles. The summed E-state index contributed by atoms with van der Waals surface area (Å²) in [4.78, 5) is 11.8. The lowest BCUT2D eigenvalue weighted by Crippen LogP contribution is -1.99. The third kappa shape index (κ3) is 3.59. The molecule has 3 aromatic rings. The number of aromatic hydroxyl groups is 2. The number of phenols is 2. The molecule has 4 nitrogen and oxygen atoms in total. The van der Waals surface area contributed by atoms with Crippen molar-refractivity contribution < 1.29 is 20.1 Å². The monoisotopic (exact) mass is 344 g/mol. The van der Waals surface area contributed by atoms with Crippen LogP contribution in [-0.2, 0) is 6.61 Å². The fourth-order valence-corrected chi connectivity index (χ4v) is 2.64. The van der Waals surface area contributed by atoms with Gasteiger partial charge in [0.05, 0.1) is 6.61 Å². The number of aliphatic hydroxyl groups is 1. The molecular weight excluding hydrogens is 328 g/mol. The van der Waals surface area contributed by atoms with Crippen molar-refractivity contribution in [2.75, 3.05) is 0 Å². The molecule has 0 fully saturated rings. The Morgan fingerprint density at radius 2 is 1.42 bits per heavy atom. The van der Waals surface area contributed by atoms with E-state index in [1.54, 1.807) is 48.5 Å². The van der Waals surface area contributed by atoms with E-state index < -0.39 is 0 Å². The van der Waals surface area contributed by atoms with E-state index in [1.807, 2.05) is 0 Å². The van der Waals surface area contributed by atoms with Gasteiger partial charge in [0, 0.05) is 16.7 Å². The highest BCUT2D eigenvalue weighted by atomic mass is 16.3. The van der Waals surface area contributed by atoms with E-state index in [-0.39, 0.29) is 18.1 Å². The van der Waals surface area contributed by atoms with Gasteiger partial charge in [0.1, 0.15) is 11.5 Å². The zero-order valence-electron chi connectivity index (χ0n) is 13.8. The molecule has 0 spiro atoms. The van der Waals surface area contributed by atoms with Gasteiger partial charge in [-0.25, -0.2) is 0 Å². The Hall–Kier alpha value is -3.55. The maximum Gasteiger partial charge on any atom is 0.151 e. The van der Waals surface area contributed by atoms with Crippen LogP contribution in [0.3, 0.4) is 0 Å². The van der Waals surface area contributed by atoms with Gasteiger partial charge in [0.25, 0.3) is 0 Å². The molecule has 0 amide bonds. The molecule has 3 aromatic carbocycles. The minimum Gasteiger partial charge on any atom is -0.508 e. The van der Waals surface area contributed by atoms with Crippen LogP contribution in [0.25, 0.3) is 11.1 Å². The molecule has 26 heavy (non-hydrogen) atoms. The lowest BCUT2D eigenvalue weighted by molar-refractivity contribution is 0.112. The minimum atomic E-state index is -0.240. The number of benzene rings is 3. The van der Waals surface area contributed by atoms with E-state index in [0.29, 0.717) is 27.8 Å². The highest BCUT2D eigenvalue weighted by molar-refractivity contribution is 5.91. The molecule has 0 radical (unpaired) electrons. The smallest absolute Gasteiger partial charge is 0.151 e. The van der Waals surface area contributed by atoms with Gasteiger partial charge >= 0.3 is 0 Å².